The number of ether oxygens (including phenoxy) is 1. The van der Waals surface area contributed by atoms with Gasteiger partial charge in [-0.2, -0.15) is 0 Å². The van der Waals surface area contributed by atoms with Gasteiger partial charge in [0, 0.05) is 49.9 Å². The summed E-state index contributed by atoms with van der Waals surface area (Å²) in [6.45, 7) is 4.23. The van der Waals surface area contributed by atoms with Crippen molar-refractivity contribution in [3.05, 3.63) is 53.5 Å². The first kappa shape index (κ1) is 27.6. The van der Waals surface area contributed by atoms with Crippen molar-refractivity contribution in [3.8, 4) is 17.3 Å². The van der Waals surface area contributed by atoms with E-state index in [1.807, 2.05) is 28.8 Å². The van der Waals surface area contributed by atoms with E-state index in [1.165, 1.54) is 0 Å². The highest BCUT2D eigenvalue weighted by atomic mass is 16.5. The van der Waals surface area contributed by atoms with Gasteiger partial charge in [-0.3, -0.25) is 4.79 Å². The summed E-state index contributed by atoms with van der Waals surface area (Å²) in [5.41, 5.74) is 12.2. The number of hydrogen-bond acceptors (Lipinski definition) is 7. The number of rotatable bonds is 3. The molecule has 5 aromatic rings. The summed E-state index contributed by atoms with van der Waals surface area (Å²) >= 11 is 0. The highest BCUT2D eigenvalue weighted by Crippen LogP contribution is 2.35. The van der Waals surface area contributed by atoms with Gasteiger partial charge in [-0.25, -0.2) is 14.6 Å². The highest BCUT2D eigenvalue weighted by molar-refractivity contribution is 6.00. The van der Waals surface area contributed by atoms with Crippen LogP contribution in [0.4, 0.5) is 0 Å². The Balaban J connectivity index is 1.33. The molecule has 1 fully saturated rings. The van der Waals surface area contributed by atoms with Gasteiger partial charge in [0.25, 0.3) is 5.91 Å². The average molecular weight is 582 g/mol. The number of hydrogen-bond donors (Lipinski definition) is 1. The fourth-order valence-electron chi connectivity index (χ4n) is 6.66. The third-order valence-corrected chi connectivity index (χ3v) is 9.09. The summed E-state index contributed by atoms with van der Waals surface area (Å²) in [5, 5.41) is 9.87. The van der Waals surface area contributed by atoms with Gasteiger partial charge in [-0.15, -0.1) is 5.10 Å². The van der Waals surface area contributed by atoms with Gasteiger partial charge in [-0.05, 0) is 69.4 Å². The first-order valence-electron chi connectivity index (χ1n) is 15.4. The number of amides is 1. The maximum atomic E-state index is 13.5. The van der Waals surface area contributed by atoms with Gasteiger partial charge in [0.05, 0.1) is 35.8 Å². The normalized spacial score (nSPS) is 19.7. The SMILES string of the molecule is COc1cc(C(=O)N2CCC[C@@H](N)C2)cc2nc(-c3cc4ccc5nc4n3CCCCCCc3cn(nn3)C5C)n(C)c12. The number of likely N-dealkylation sites (tertiary alicyclic amines) is 1. The molecule has 0 saturated carbocycles. The van der Waals surface area contributed by atoms with Crippen LogP contribution in [0, 0.1) is 0 Å². The largest absolute Gasteiger partial charge is 0.494 e. The Kier molecular flexibility index (Phi) is 7.12. The van der Waals surface area contributed by atoms with Gasteiger partial charge in [-0.1, -0.05) is 18.1 Å². The number of carbonyl (C=O) groups is 1. The summed E-state index contributed by atoms with van der Waals surface area (Å²) < 4.78 is 12.1. The molecule has 4 aromatic heterocycles. The van der Waals surface area contributed by atoms with Gasteiger partial charge < -0.3 is 24.5 Å². The molecule has 11 heteroatoms. The van der Waals surface area contributed by atoms with Crippen molar-refractivity contribution in [1.82, 2.24) is 39.0 Å². The zero-order valence-electron chi connectivity index (χ0n) is 25.2. The van der Waals surface area contributed by atoms with E-state index in [2.05, 4.69) is 50.8 Å². The number of nitrogens with zero attached hydrogens (tertiary/aromatic N) is 8. The van der Waals surface area contributed by atoms with E-state index < -0.39 is 0 Å². The summed E-state index contributed by atoms with van der Waals surface area (Å²) in [5.74, 6) is 1.41. The lowest BCUT2D eigenvalue weighted by Crippen LogP contribution is -2.45. The van der Waals surface area contributed by atoms with E-state index in [9.17, 15) is 4.79 Å². The number of pyridine rings is 1. The second-order valence-corrected chi connectivity index (χ2v) is 12.1. The molecule has 2 N–H and O–H groups in total. The molecule has 7 rings (SSSR count). The number of piperidine rings is 1. The first-order valence-corrected chi connectivity index (χ1v) is 15.4. The van der Waals surface area contributed by atoms with Crippen LogP contribution in [0.15, 0.2) is 36.5 Å². The van der Waals surface area contributed by atoms with Crippen LogP contribution in [0.3, 0.4) is 0 Å². The summed E-state index contributed by atoms with van der Waals surface area (Å²) in [6.07, 6.45) is 9.24. The van der Waals surface area contributed by atoms with E-state index in [4.69, 9.17) is 20.4 Å². The Bertz CT molecular complexity index is 1820. The predicted molar refractivity (Wildman–Crippen MR) is 165 cm³/mol. The van der Waals surface area contributed by atoms with Gasteiger partial charge in [0.15, 0.2) is 5.82 Å². The Labute approximate surface area is 250 Å². The van der Waals surface area contributed by atoms with Crippen LogP contribution in [0.2, 0.25) is 0 Å². The van der Waals surface area contributed by atoms with E-state index in [0.29, 0.717) is 24.4 Å². The first-order chi connectivity index (χ1) is 20.9. The monoisotopic (exact) mass is 581 g/mol. The molecule has 1 amide bonds. The molecule has 1 aromatic carbocycles. The average Bonchev–Trinajstić information content (AvgIpc) is 3.72. The zero-order valence-corrected chi connectivity index (χ0v) is 25.2. The zero-order chi connectivity index (χ0) is 29.7. The molecule has 224 valence electrons. The van der Waals surface area contributed by atoms with E-state index in [1.54, 1.807) is 7.11 Å². The van der Waals surface area contributed by atoms with Gasteiger partial charge in [0.1, 0.15) is 16.9 Å². The van der Waals surface area contributed by atoms with Gasteiger partial charge in [0.2, 0.25) is 0 Å². The minimum atomic E-state index is -0.0363. The molecular formula is C32H39N9O2. The van der Waals surface area contributed by atoms with Crippen molar-refractivity contribution in [2.24, 2.45) is 12.8 Å². The van der Waals surface area contributed by atoms with Crippen molar-refractivity contribution in [3.63, 3.8) is 0 Å². The highest BCUT2D eigenvalue weighted by Gasteiger charge is 2.26. The minimum Gasteiger partial charge on any atom is -0.494 e. The molecule has 2 atom stereocenters. The molecule has 43 heavy (non-hydrogen) atoms. The van der Waals surface area contributed by atoms with Crippen LogP contribution < -0.4 is 10.5 Å². The van der Waals surface area contributed by atoms with E-state index in [0.717, 1.165) is 96.5 Å². The maximum absolute atomic E-state index is 13.5. The lowest BCUT2D eigenvalue weighted by molar-refractivity contribution is 0.0708. The third kappa shape index (κ3) is 4.95. The maximum Gasteiger partial charge on any atom is 0.254 e. The Hall–Kier alpha value is -4.25. The van der Waals surface area contributed by atoms with Crippen LogP contribution in [0.1, 0.15) is 73.2 Å². The number of fused-ring (bicyclic) bond motifs is 4. The lowest BCUT2D eigenvalue weighted by Gasteiger charge is -2.30. The molecular weight excluding hydrogens is 542 g/mol. The summed E-state index contributed by atoms with van der Waals surface area (Å²) in [4.78, 5) is 25.6. The minimum absolute atomic E-state index is 0.0142. The standard InChI is InChI=1S/C32H39N9O2/c1-20-25-12-11-21-16-27(40(30(21)34-25)14-7-5-4-6-10-24-19-41(20)37-36-24)31-35-26-15-22(17-28(43-3)29(26)38(31)2)32(42)39-13-8-9-23(33)18-39/h11-12,15-17,19-20,23H,4-10,13-14,18,33H2,1-3H3/t20?,23-/m1/s1. The molecule has 4 bridgehead atoms. The van der Waals surface area contributed by atoms with Gasteiger partial charge >= 0.3 is 0 Å². The third-order valence-electron chi connectivity index (χ3n) is 9.09. The topological polar surface area (TPSA) is 122 Å². The summed E-state index contributed by atoms with van der Waals surface area (Å²) in [6, 6.07) is 10.1. The lowest BCUT2D eigenvalue weighted by atomic mass is 10.0. The molecule has 0 aliphatic carbocycles. The summed E-state index contributed by atoms with van der Waals surface area (Å²) in [7, 11) is 3.65. The predicted octanol–water partition coefficient (Wildman–Crippen LogP) is 4.48. The second kappa shape index (κ2) is 11.1. The van der Waals surface area contributed by atoms with E-state index >= 15 is 0 Å². The van der Waals surface area contributed by atoms with Crippen molar-refractivity contribution in [2.75, 3.05) is 20.2 Å². The van der Waals surface area contributed by atoms with E-state index in [-0.39, 0.29) is 18.0 Å². The Morgan fingerprint density at radius 1 is 1.05 bits per heavy atom. The molecule has 1 unspecified atom stereocenters. The van der Waals surface area contributed by atoms with Crippen LogP contribution in [-0.4, -0.2) is 71.1 Å². The number of imidazole rings is 1. The number of nitrogens with two attached hydrogens (primary N) is 1. The quantitative estimate of drug-likeness (QED) is 0.333. The van der Waals surface area contributed by atoms with Crippen molar-refractivity contribution >= 4 is 28.0 Å². The van der Waals surface area contributed by atoms with Crippen molar-refractivity contribution in [2.45, 2.75) is 70.5 Å². The fraction of sp³-hybridized carbons (Fsp3) is 0.469. The van der Waals surface area contributed by atoms with Crippen molar-refractivity contribution < 1.29 is 9.53 Å². The molecule has 11 nitrogen and oxygen atoms in total. The fourth-order valence-corrected chi connectivity index (χ4v) is 6.66. The molecule has 0 spiro atoms. The number of carbonyl (C=O) groups excluding carboxylic acids is 1. The molecule has 2 aliphatic rings. The molecule has 6 heterocycles. The number of benzene rings is 1. The smallest absolute Gasteiger partial charge is 0.254 e. The van der Waals surface area contributed by atoms with Crippen LogP contribution >= 0.6 is 0 Å². The second-order valence-electron chi connectivity index (χ2n) is 12.1. The van der Waals surface area contributed by atoms with Crippen LogP contribution in [0.25, 0.3) is 33.6 Å². The molecule has 1 saturated heterocycles. The molecule has 2 aliphatic heterocycles. The Morgan fingerprint density at radius 2 is 1.91 bits per heavy atom. The van der Waals surface area contributed by atoms with Crippen LogP contribution in [-0.2, 0) is 20.0 Å². The number of aryl methyl sites for hydroxylation is 3. The van der Waals surface area contributed by atoms with Crippen molar-refractivity contribution in [1.29, 1.82) is 0 Å². The van der Waals surface area contributed by atoms with Crippen LogP contribution in [0.5, 0.6) is 5.75 Å². The molecule has 0 radical (unpaired) electrons. The number of methoxy groups -OCH3 is 1. The number of aromatic nitrogens is 7. The Morgan fingerprint density at radius 3 is 2.74 bits per heavy atom.